The van der Waals surface area contributed by atoms with Crippen LogP contribution in [0.4, 0.5) is 0 Å². The van der Waals surface area contributed by atoms with Crippen LogP contribution in [0.15, 0.2) is 0 Å². The Hall–Kier alpha value is -1.10. The van der Waals surface area contributed by atoms with Gasteiger partial charge < -0.3 is 15.8 Å². The number of nitrogens with two attached hydrogens (primary N) is 1. The maximum Gasteiger partial charge on any atom is 0.328 e. The van der Waals surface area contributed by atoms with E-state index in [9.17, 15) is 9.59 Å². The molecule has 14 heavy (non-hydrogen) atoms. The summed E-state index contributed by atoms with van der Waals surface area (Å²) in [5, 5.41) is 2.45. The Morgan fingerprint density at radius 2 is 1.71 bits per heavy atom. The Labute approximate surface area is 84.0 Å². The van der Waals surface area contributed by atoms with Crippen molar-refractivity contribution in [2.75, 3.05) is 0 Å². The van der Waals surface area contributed by atoms with E-state index in [-0.39, 0.29) is 12.0 Å². The average molecular weight is 202 g/mol. The van der Waals surface area contributed by atoms with Crippen molar-refractivity contribution in [3.05, 3.63) is 0 Å². The molecule has 0 heterocycles. The number of carbonyl (C=O) groups excluding carboxylic acids is 2. The summed E-state index contributed by atoms with van der Waals surface area (Å²) in [6, 6.07) is -1.28. The molecule has 0 saturated carbocycles. The first-order valence-corrected chi connectivity index (χ1v) is 4.61. The molecule has 0 aromatic carbocycles. The van der Waals surface area contributed by atoms with Gasteiger partial charge in [-0.3, -0.25) is 4.79 Å². The van der Waals surface area contributed by atoms with Crippen LogP contribution in [0.5, 0.6) is 0 Å². The zero-order valence-electron chi connectivity index (χ0n) is 9.03. The van der Waals surface area contributed by atoms with Crippen molar-refractivity contribution in [1.29, 1.82) is 0 Å². The summed E-state index contributed by atoms with van der Waals surface area (Å²) >= 11 is 0. The molecule has 0 aliphatic carbocycles. The lowest BCUT2D eigenvalue weighted by Gasteiger charge is -2.16. The van der Waals surface area contributed by atoms with Crippen molar-refractivity contribution in [1.82, 2.24) is 5.32 Å². The summed E-state index contributed by atoms with van der Waals surface area (Å²) in [7, 11) is 0. The quantitative estimate of drug-likeness (QED) is 0.618. The van der Waals surface area contributed by atoms with E-state index >= 15 is 0 Å². The van der Waals surface area contributed by atoms with Crippen LogP contribution in [0.1, 0.15) is 27.7 Å². The lowest BCUT2D eigenvalue weighted by molar-refractivity contribution is -0.151. The normalized spacial score (nSPS) is 14.7. The highest BCUT2D eigenvalue weighted by atomic mass is 16.5. The van der Waals surface area contributed by atoms with Crippen molar-refractivity contribution in [2.45, 2.75) is 45.9 Å². The van der Waals surface area contributed by atoms with E-state index in [1.807, 2.05) is 0 Å². The van der Waals surface area contributed by atoms with Crippen molar-refractivity contribution < 1.29 is 14.3 Å². The molecule has 5 heteroatoms. The zero-order chi connectivity index (χ0) is 11.3. The SMILES string of the molecule is CC(C)OC(=O)[C@H](C)NC(=O)[C@H](C)N. The Morgan fingerprint density at radius 3 is 2.07 bits per heavy atom. The van der Waals surface area contributed by atoms with E-state index in [2.05, 4.69) is 5.32 Å². The lowest BCUT2D eigenvalue weighted by atomic mass is 10.3. The molecule has 0 aliphatic heterocycles. The van der Waals surface area contributed by atoms with Gasteiger partial charge in [-0.1, -0.05) is 0 Å². The summed E-state index contributed by atoms with van der Waals surface area (Å²) < 4.78 is 4.90. The van der Waals surface area contributed by atoms with Crippen molar-refractivity contribution in [3.8, 4) is 0 Å². The minimum Gasteiger partial charge on any atom is -0.461 e. The van der Waals surface area contributed by atoms with Crippen LogP contribution in [-0.2, 0) is 14.3 Å². The summed E-state index contributed by atoms with van der Waals surface area (Å²) in [5.41, 5.74) is 5.32. The molecule has 0 radical (unpaired) electrons. The second kappa shape index (κ2) is 5.59. The second-order valence-electron chi connectivity index (χ2n) is 3.50. The van der Waals surface area contributed by atoms with Gasteiger partial charge in [0.15, 0.2) is 0 Å². The third kappa shape index (κ3) is 4.81. The Balaban J connectivity index is 4.01. The van der Waals surface area contributed by atoms with Crippen LogP contribution in [0.25, 0.3) is 0 Å². The summed E-state index contributed by atoms with van der Waals surface area (Å²) in [6.45, 7) is 6.61. The van der Waals surface area contributed by atoms with E-state index < -0.39 is 18.1 Å². The van der Waals surface area contributed by atoms with Gasteiger partial charge in [0.25, 0.3) is 0 Å². The van der Waals surface area contributed by atoms with E-state index in [1.165, 1.54) is 0 Å². The van der Waals surface area contributed by atoms with E-state index in [1.54, 1.807) is 27.7 Å². The van der Waals surface area contributed by atoms with Crippen LogP contribution in [0.2, 0.25) is 0 Å². The number of hydrogen-bond donors (Lipinski definition) is 2. The fourth-order valence-corrected chi connectivity index (χ4v) is 0.738. The van der Waals surface area contributed by atoms with Gasteiger partial charge in [0.2, 0.25) is 5.91 Å². The molecule has 82 valence electrons. The summed E-state index contributed by atoms with van der Waals surface area (Å²) in [6.07, 6.45) is -0.183. The van der Waals surface area contributed by atoms with Crippen LogP contribution in [0.3, 0.4) is 0 Å². The number of nitrogens with one attached hydrogen (secondary N) is 1. The van der Waals surface area contributed by atoms with Crippen LogP contribution < -0.4 is 11.1 Å². The first-order valence-electron chi connectivity index (χ1n) is 4.61. The minimum absolute atomic E-state index is 0.183. The largest absolute Gasteiger partial charge is 0.461 e. The number of rotatable bonds is 4. The van der Waals surface area contributed by atoms with Crippen molar-refractivity contribution in [2.24, 2.45) is 5.73 Å². The molecule has 0 aromatic heterocycles. The molecule has 0 unspecified atom stereocenters. The smallest absolute Gasteiger partial charge is 0.328 e. The van der Waals surface area contributed by atoms with Crippen LogP contribution in [0, 0.1) is 0 Å². The van der Waals surface area contributed by atoms with Gasteiger partial charge in [-0.25, -0.2) is 4.79 Å². The molecular formula is C9H18N2O3. The number of hydrogen-bond acceptors (Lipinski definition) is 4. The molecule has 5 nitrogen and oxygen atoms in total. The number of carbonyl (C=O) groups is 2. The predicted molar refractivity (Wildman–Crippen MR) is 52.5 cm³/mol. The molecule has 2 atom stereocenters. The molecule has 0 aromatic rings. The van der Waals surface area contributed by atoms with Gasteiger partial charge >= 0.3 is 5.97 Å². The van der Waals surface area contributed by atoms with Crippen LogP contribution in [-0.4, -0.2) is 30.1 Å². The van der Waals surface area contributed by atoms with Gasteiger partial charge in [0, 0.05) is 0 Å². The number of amides is 1. The van der Waals surface area contributed by atoms with Crippen LogP contribution >= 0.6 is 0 Å². The fourth-order valence-electron chi connectivity index (χ4n) is 0.738. The summed E-state index contributed by atoms with van der Waals surface area (Å²) in [4.78, 5) is 22.3. The number of ether oxygens (including phenoxy) is 1. The standard InChI is InChI=1S/C9H18N2O3/c1-5(2)14-9(13)7(4)11-8(12)6(3)10/h5-7H,10H2,1-4H3,(H,11,12)/t6-,7-/m0/s1. The molecule has 1 amide bonds. The van der Waals surface area contributed by atoms with Gasteiger partial charge in [0.05, 0.1) is 12.1 Å². The lowest BCUT2D eigenvalue weighted by Crippen LogP contribution is -2.46. The van der Waals surface area contributed by atoms with Gasteiger partial charge in [0.1, 0.15) is 6.04 Å². The summed E-state index contributed by atoms with van der Waals surface area (Å²) in [5.74, 6) is -0.813. The molecule has 0 spiro atoms. The van der Waals surface area contributed by atoms with Gasteiger partial charge in [-0.2, -0.15) is 0 Å². The highest BCUT2D eigenvalue weighted by molar-refractivity contribution is 5.86. The maximum absolute atomic E-state index is 11.2. The first kappa shape index (κ1) is 12.9. The Kier molecular flexibility index (Phi) is 5.15. The minimum atomic E-state index is -0.657. The molecule has 0 fully saturated rings. The fraction of sp³-hybridized carbons (Fsp3) is 0.778. The Morgan fingerprint density at radius 1 is 1.21 bits per heavy atom. The van der Waals surface area contributed by atoms with E-state index in [0.717, 1.165) is 0 Å². The first-order chi connectivity index (χ1) is 6.34. The Bertz CT molecular complexity index is 214. The zero-order valence-corrected chi connectivity index (χ0v) is 9.03. The van der Waals surface area contributed by atoms with E-state index in [4.69, 9.17) is 10.5 Å². The van der Waals surface area contributed by atoms with Gasteiger partial charge in [-0.15, -0.1) is 0 Å². The molecule has 0 saturated heterocycles. The molecule has 0 aliphatic rings. The highest BCUT2D eigenvalue weighted by Gasteiger charge is 2.19. The predicted octanol–water partition coefficient (Wildman–Crippen LogP) is -0.210. The van der Waals surface area contributed by atoms with Crippen molar-refractivity contribution in [3.63, 3.8) is 0 Å². The topological polar surface area (TPSA) is 81.4 Å². The third-order valence-corrected chi connectivity index (χ3v) is 1.48. The van der Waals surface area contributed by atoms with E-state index in [0.29, 0.717) is 0 Å². The molecule has 3 N–H and O–H groups in total. The van der Waals surface area contributed by atoms with Gasteiger partial charge in [-0.05, 0) is 27.7 Å². The second-order valence-corrected chi connectivity index (χ2v) is 3.50. The molecule has 0 bridgehead atoms. The monoisotopic (exact) mass is 202 g/mol. The maximum atomic E-state index is 11.2. The molecule has 0 rings (SSSR count). The average Bonchev–Trinajstić information content (AvgIpc) is 2.02. The highest BCUT2D eigenvalue weighted by Crippen LogP contribution is 1.94. The molecular weight excluding hydrogens is 184 g/mol. The third-order valence-electron chi connectivity index (χ3n) is 1.48. The van der Waals surface area contributed by atoms with Crippen molar-refractivity contribution >= 4 is 11.9 Å². The number of esters is 1.